The van der Waals surface area contributed by atoms with Crippen molar-refractivity contribution >= 4 is 74.2 Å². The van der Waals surface area contributed by atoms with Crippen LogP contribution >= 0.6 is 35.3 Å². The van der Waals surface area contributed by atoms with E-state index in [1.807, 2.05) is 17.5 Å². The highest BCUT2D eigenvalue weighted by molar-refractivity contribution is 8.26. The summed E-state index contributed by atoms with van der Waals surface area (Å²) in [4.78, 5) is 39.0. The molecule has 0 aliphatic carbocycles. The highest BCUT2D eigenvalue weighted by Crippen LogP contribution is 2.33. The van der Waals surface area contributed by atoms with Crippen LogP contribution < -0.4 is 10.9 Å². The van der Waals surface area contributed by atoms with Gasteiger partial charge in [-0.1, -0.05) is 30.0 Å². The summed E-state index contributed by atoms with van der Waals surface area (Å²) in [7, 11) is 0. The van der Waals surface area contributed by atoms with Crippen LogP contribution in [0, 0.1) is 0 Å². The van der Waals surface area contributed by atoms with Gasteiger partial charge in [0.1, 0.15) is 16.4 Å². The highest BCUT2D eigenvalue weighted by atomic mass is 32.2. The maximum absolute atomic E-state index is 12.6. The molecule has 0 saturated carbocycles. The molecule has 140 valence electrons. The Morgan fingerprint density at radius 3 is 2.86 bits per heavy atom. The number of hydrogen-bond acceptors (Lipinski definition) is 7. The molecule has 1 fully saturated rings. The van der Waals surface area contributed by atoms with Crippen molar-refractivity contribution in [3.8, 4) is 0 Å². The lowest BCUT2D eigenvalue weighted by molar-refractivity contribution is -0.126. The molecule has 3 heterocycles. The number of carbonyl (C=O) groups is 2. The van der Waals surface area contributed by atoms with E-state index in [0.29, 0.717) is 25.9 Å². The number of thioether (sulfide) groups is 1. The summed E-state index contributed by atoms with van der Waals surface area (Å²) in [5, 5.41) is 5.35. The molecule has 1 N–H and O–H groups in total. The van der Waals surface area contributed by atoms with E-state index in [0.717, 1.165) is 4.88 Å². The molecule has 0 atom stereocenters. The zero-order chi connectivity index (χ0) is 19.7. The fourth-order valence-electron chi connectivity index (χ4n) is 2.63. The van der Waals surface area contributed by atoms with Crippen molar-refractivity contribution in [1.82, 2.24) is 4.90 Å². The number of amides is 2. The number of anilines is 1. The van der Waals surface area contributed by atoms with Crippen LogP contribution in [0.2, 0.25) is 0 Å². The predicted molar refractivity (Wildman–Crippen MR) is 115 cm³/mol. The molecular formula is C19H12N2O4S3. The molecule has 4 rings (SSSR count). The number of carbonyl (C=O) groups excluding carboxylic acids is 2. The van der Waals surface area contributed by atoms with Crippen molar-refractivity contribution in [3.05, 3.63) is 68.0 Å². The predicted octanol–water partition coefficient (Wildman–Crippen LogP) is 3.69. The minimum absolute atomic E-state index is 0.172. The Labute approximate surface area is 172 Å². The van der Waals surface area contributed by atoms with Crippen LogP contribution in [0.1, 0.15) is 4.88 Å². The van der Waals surface area contributed by atoms with Crippen LogP contribution in [0.15, 0.2) is 62.0 Å². The SMILES string of the molecule is O=C(CN1C(=O)/C(=C/c2cccs2)SC1=S)Nc1ccc2oc(=O)ccc2c1. The van der Waals surface area contributed by atoms with Crippen molar-refractivity contribution in [2.45, 2.75) is 0 Å². The Morgan fingerprint density at radius 2 is 2.07 bits per heavy atom. The van der Waals surface area contributed by atoms with Crippen LogP contribution in [0.25, 0.3) is 17.0 Å². The molecular weight excluding hydrogens is 416 g/mol. The Bertz CT molecular complexity index is 1180. The normalized spacial score (nSPS) is 15.6. The summed E-state index contributed by atoms with van der Waals surface area (Å²) in [6, 6.07) is 11.7. The van der Waals surface area contributed by atoms with E-state index in [9.17, 15) is 14.4 Å². The van der Waals surface area contributed by atoms with Gasteiger partial charge in [0.15, 0.2) is 0 Å². The first kappa shape index (κ1) is 18.6. The Kier molecular flexibility index (Phi) is 5.12. The number of fused-ring (bicyclic) bond motifs is 1. The van der Waals surface area contributed by atoms with Gasteiger partial charge in [-0.15, -0.1) is 11.3 Å². The summed E-state index contributed by atoms with van der Waals surface area (Å²) in [5.74, 6) is -0.649. The van der Waals surface area contributed by atoms with Gasteiger partial charge < -0.3 is 9.73 Å². The first-order chi connectivity index (χ1) is 13.5. The largest absolute Gasteiger partial charge is 0.423 e. The number of thiocarbonyl (C=S) groups is 1. The average Bonchev–Trinajstić information content (AvgIpc) is 3.26. The minimum atomic E-state index is -0.436. The number of rotatable bonds is 4. The van der Waals surface area contributed by atoms with Gasteiger partial charge in [0.05, 0.1) is 4.91 Å². The highest BCUT2D eigenvalue weighted by Gasteiger charge is 2.33. The van der Waals surface area contributed by atoms with Crippen LogP contribution in [-0.2, 0) is 9.59 Å². The van der Waals surface area contributed by atoms with Crippen LogP contribution in [0.3, 0.4) is 0 Å². The van der Waals surface area contributed by atoms with Crippen molar-refractivity contribution in [1.29, 1.82) is 0 Å². The smallest absolute Gasteiger partial charge is 0.336 e. The van der Waals surface area contributed by atoms with Gasteiger partial charge in [-0.05, 0) is 41.8 Å². The molecule has 0 bridgehead atoms. The summed E-state index contributed by atoms with van der Waals surface area (Å²) >= 11 is 7.96. The van der Waals surface area contributed by atoms with Crippen molar-refractivity contribution in [2.24, 2.45) is 0 Å². The lowest BCUT2D eigenvalue weighted by atomic mass is 10.2. The van der Waals surface area contributed by atoms with Crippen LogP contribution in [0.4, 0.5) is 5.69 Å². The monoisotopic (exact) mass is 428 g/mol. The molecule has 6 nitrogen and oxygen atoms in total. The molecule has 1 aliphatic rings. The summed E-state index contributed by atoms with van der Waals surface area (Å²) < 4.78 is 5.42. The number of nitrogens with one attached hydrogen (secondary N) is 1. The van der Waals surface area contributed by atoms with Gasteiger partial charge in [-0.2, -0.15) is 0 Å². The molecule has 1 aliphatic heterocycles. The summed E-state index contributed by atoms with van der Waals surface area (Å²) in [6.07, 6.45) is 1.78. The molecule has 28 heavy (non-hydrogen) atoms. The van der Waals surface area contributed by atoms with E-state index < -0.39 is 5.63 Å². The summed E-state index contributed by atoms with van der Waals surface area (Å²) in [6.45, 7) is -0.172. The van der Waals surface area contributed by atoms with Gasteiger partial charge in [-0.3, -0.25) is 14.5 Å². The minimum Gasteiger partial charge on any atom is -0.423 e. The number of hydrogen-bond donors (Lipinski definition) is 1. The van der Waals surface area contributed by atoms with Crippen molar-refractivity contribution in [3.63, 3.8) is 0 Å². The van der Waals surface area contributed by atoms with E-state index in [1.165, 1.54) is 34.1 Å². The average molecular weight is 429 g/mol. The third-order valence-electron chi connectivity index (χ3n) is 3.89. The van der Waals surface area contributed by atoms with Gasteiger partial charge in [0.25, 0.3) is 5.91 Å². The second-order valence-electron chi connectivity index (χ2n) is 5.84. The molecule has 1 saturated heterocycles. The van der Waals surface area contributed by atoms with Crippen molar-refractivity contribution in [2.75, 3.05) is 11.9 Å². The molecule has 2 amide bonds. The van der Waals surface area contributed by atoms with Crippen LogP contribution in [0.5, 0.6) is 0 Å². The number of nitrogens with zero attached hydrogens (tertiary/aromatic N) is 1. The number of benzene rings is 1. The fourth-order valence-corrected chi connectivity index (χ4v) is 4.61. The molecule has 2 aromatic heterocycles. The number of thiophene rings is 1. The molecule has 9 heteroatoms. The van der Waals surface area contributed by atoms with Gasteiger partial charge in [-0.25, -0.2) is 4.79 Å². The standard InChI is InChI=1S/C19H12N2O4S3/c22-16(20-12-4-5-14-11(8-12)3-6-17(23)25-14)10-21-18(24)15(28-19(21)26)9-13-2-1-7-27-13/h1-9H,10H2,(H,20,22)/b15-9-. The molecule has 0 unspecified atom stereocenters. The van der Waals surface area contributed by atoms with E-state index in [-0.39, 0.29) is 18.4 Å². The zero-order valence-electron chi connectivity index (χ0n) is 14.2. The molecule has 3 aromatic rings. The lowest BCUT2D eigenvalue weighted by Crippen LogP contribution is -2.36. The van der Waals surface area contributed by atoms with Gasteiger partial charge >= 0.3 is 5.63 Å². The second kappa shape index (κ2) is 7.70. The quantitative estimate of drug-likeness (QED) is 0.388. The zero-order valence-corrected chi connectivity index (χ0v) is 16.7. The molecule has 1 aromatic carbocycles. The maximum atomic E-state index is 12.6. The Balaban J connectivity index is 1.46. The third kappa shape index (κ3) is 3.91. The van der Waals surface area contributed by atoms with Gasteiger partial charge in [0, 0.05) is 22.0 Å². The van der Waals surface area contributed by atoms with Crippen LogP contribution in [-0.4, -0.2) is 27.6 Å². The Hall–Kier alpha value is -2.75. The fraction of sp³-hybridized carbons (Fsp3) is 0.0526. The molecule has 0 spiro atoms. The van der Waals surface area contributed by atoms with E-state index in [4.69, 9.17) is 16.6 Å². The van der Waals surface area contributed by atoms with Gasteiger partial charge in [0.2, 0.25) is 5.91 Å². The van der Waals surface area contributed by atoms with E-state index in [2.05, 4.69) is 5.32 Å². The Morgan fingerprint density at radius 1 is 1.21 bits per heavy atom. The third-order valence-corrected chi connectivity index (χ3v) is 6.09. The second-order valence-corrected chi connectivity index (χ2v) is 8.49. The van der Waals surface area contributed by atoms with Crippen molar-refractivity contribution < 1.29 is 14.0 Å². The lowest BCUT2D eigenvalue weighted by Gasteiger charge is -2.14. The van der Waals surface area contributed by atoms with E-state index in [1.54, 1.807) is 30.3 Å². The maximum Gasteiger partial charge on any atom is 0.336 e. The first-order valence-corrected chi connectivity index (χ1v) is 10.2. The molecule has 0 radical (unpaired) electrons. The summed E-state index contributed by atoms with van der Waals surface area (Å²) in [5.41, 5.74) is 0.529. The topological polar surface area (TPSA) is 79.6 Å². The first-order valence-electron chi connectivity index (χ1n) is 8.12. The van der Waals surface area contributed by atoms with E-state index >= 15 is 0 Å².